The summed E-state index contributed by atoms with van der Waals surface area (Å²) in [5.41, 5.74) is 5.00. The van der Waals surface area contributed by atoms with Gasteiger partial charge in [-0.1, -0.05) is 84.6 Å². The molecule has 10 nitrogen and oxygen atoms in total. The Morgan fingerprint density at radius 2 is 1.51 bits per heavy atom. The number of anilines is 1. The average Bonchev–Trinajstić information content (AvgIpc) is 3.59. The van der Waals surface area contributed by atoms with Gasteiger partial charge in [-0.05, 0) is 41.5 Å². The maximum Gasteiger partial charge on any atom is 0.338 e. The van der Waals surface area contributed by atoms with Gasteiger partial charge >= 0.3 is 5.97 Å². The number of carbonyl (C=O) groups excluding carboxylic acids is 4. The fourth-order valence-corrected chi connectivity index (χ4v) is 6.09. The van der Waals surface area contributed by atoms with Crippen LogP contribution in [0.25, 0.3) is 33.2 Å². The first kappa shape index (κ1) is 28.1. The Balaban J connectivity index is 0.970. The number of amides is 2. The van der Waals surface area contributed by atoms with Gasteiger partial charge in [-0.25, -0.2) is 14.7 Å². The van der Waals surface area contributed by atoms with Crippen molar-refractivity contribution in [2.45, 2.75) is 16.8 Å². The van der Waals surface area contributed by atoms with Crippen LogP contribution in [0, 0.1) is 0 Å². The number of rotatable bonds is 8. The molecule has 6 aromatic rings. The second-order valence-corrected chi connectivity index (χ2v) is 11.5. The van der Waals surface area contributed by atoms with Crippen molar-refractivity contribution in [2.24, 2.45) is 0 Å². The molecular formula is C34H23N5O5S. The second-order valence-electron chi connectivity index (χ2n) is 10.3. The molecular weight excluding hydrogens is 590 g/mol. The summed E-state index contributed by atoms with van der Waals surface area (Å²) in [6.07, 6.45) is -0.0319. The highest BCUT2D eigenvalue weighted by Crippen LogP contribution is 2.33. The van der Waals surface area contributed by atoms with E-state index in [1.807, 2.05) is 66.7 Å². The van der Waals surface area contributed by atoms with E-state index in [0.717, 1.165) is 38.7 Å². The molecule has 3 heterocycles. The number of aromatic amines is 1. The number of esters is 1. The molecule has 11 heteroatoms. The van der Waals surface area contributed by atoms with Crippen molar-refractivity contribution in [3.05, 3.63) is 114 Å². The number of nitrogens with zero attached hydrogens (tertiary/aromatic N) is 4. The maximum absolute atomic E-state index is 13.2. The zero-order valence-corrected chi connectivity index (χ0v) is 24.4. The van der Waals surface area contributed by atoms with Crippen LogP contribution >= 0.6 is 11.8 Å². The number of Topliss-reactive ketones (excluding diaryl/α,β-unsaturated/α-hetero) is 1. The lowest BCUT2D eigenvalue weighted by Gasteiger charge is -2.15. The Hall–Kier alpha value is -5.68. The number of imide groups is 1. The quantitative estimate of drug-likeness (QED) is 0.131. The van der Waals surface area contributed by atoms with Gasteiger partial charge in [-0.2, -0.15) is 0 Å². The number of aromatic nitrogens is 4. The lowest BCUT2D eigenvalue weighted by atomic mass is 10.0. The maximum atomic E-state index is 13.2. The largest absolute Gasteiger partial charge is 0.454 e. The second kappa shape index (κ2) is 11.8. The highest BCUT2D eigenvalue weighted by molar-refractivity contribution is 8.00. The smallest absolute Gasteiger partial charge is 0.338 e. The van der Waals surface area contributed by atoms with Crippen molar-refractivity contribution in [1.82, 2.24) is 20.2 Å². The fraction of sp³-hybridized carbons (Fsp3) is 0.0882. The molecule has 220 valence electrons. The molecule has 1 fully saturated rings. The van der Waals surface area contributed by atoms with Gasteiger partial charge in [0.2, 0.25) is 17.0 Å². The molecule has 2 aromatic heterocycles. The minimum Gasteiger partial charge on any atom is -0.454 e. The van der Waals surface area contributed by atoms with E-state index in [4.69, 9.17) is 4.74 Å². The molecule has 0 aliphatic carbocycles. The molecule has 1 atom stereocenters. The zero-order valence-electron chi connectivity index (χ0n) is 23.5. The molecule has 1 aliphatic rings. The first-order valence-corrected chi connectivity index (χ1v) is 14.9. The number of thioether (sulfide) groups is 1. The molecule has 2 amide bonds. The number of fused-ring (bicyclic) bond motifs is 3. The van der Waals surface area contributed by atoms with Crippen molar-refractivity contribution in [2.75, 3.05) is 11.5 Å². The molecule has 7 rings (SSSR count). The molecule has 1 saturated heterocycles. The average molecular weight is 614 g/mol. The Labute approximate surface area is 260 Å². The highest BCUT2D eigenvalue weighted by atomic mass is 32.2. The molecule has 0 bridgehead atoms. The molecule has 0 spiro atoms. The van der Waals surface area contributed by atoms with Crippen molar-refractivity contribution < 1.29 is 23.9 Å². The number of para-hydroxylation sites is 1. The summed E-state index contributed by atoms with van der Waals surface area (Å²) in [6.45, 7) is -0.422. The van der Waals surface area contributed by atoms with Gasteiger partial charge in [0.1, 0.15) is 10.8 Å². The molecule has 45 heavy (non-hydrogen) atoms. The normalized spacial score (nSPS) is 14.8. The summed E-state index contributed by atoms with van der Waals surface area (Å²) in [7, 11) is 0. The van der Waals surface area contributed by atoms with E-state index in [1.54, 1.807) is 12.1 Å². The van der Waals surface area contributed by atoms with Crippen molar-refractivity contribution in [3.8, 4) is 11.1 Å². The lowest BCUT2D eigenvalue weighted by molar-refractivity contribution is -0.121. The summed E-state index contributed by atoms with van der Waals surface area (Å²) in [5, 5.41) is 8.90. The summed E-state index contributed by atoms with van der Waals surface area (Å²) < 4.78 is 5.24. The van der Waals surface area contributed by atoms with E-state index in [-0.39, 0.29) is 28.8 Å². The third-order valence-electron chi connectivity index (χ3n) is 7.47. The van der Waals surface area contributed by atoms with Crippen LogP contribution in [0.1, 0.15) is 27.1 Å². The van der Waals surface area contributed by atoms with Crippen LogP contribution in [0.5, 0.6) is 0 Å². The van der Waals surface area contributed by atoms with Gasteiger partial charge in [-0.3, -0.25) is 14.4 Å². The van der Waals surface area contributed by atoms with Crippen LogP contribution in [-0.4, -0.2) is 55.6 Å². The number of hydrogen-bond donors (Lipinski definition) is 1. The number of hydrogen-bond acceptors (Lipinski definition) is 9. The van der Waals surface area contributed by atoms with Crippen LogP contribution in [-0.2, 0) is 14.3 Å². The van der Waals surface area contributed by atoms with E-state index < -0.39 is 23.7 Å². The third kappa shape index (κ3) is 5.56. The SMILES string of the molecule is O=C(COC(=O)c1ccc(N2C(=O)CC(Sc3nnc4c(n3)[nH]c3ccccc34)C2=O)cc1)c1ccc(-c2ccccc2)cc1. The van der Waals surface area contributed by atoms with E-state index in [0.29, 0.717) is 22.4 Å². The van der Waals surface area contributed by atoms with Gasteiger partial charge in [-0.15, -0.1) is 10.2 Å². The summed E-state index contributed by atoms with van der Waals surface area (Å²) in [5.74, 6) is -1.82. The van der Waals surface area contributed by atoms with Gasteiger partial charge in [0.05, 0.1) is 11.3 Å². The van der Waals surface area contributed by atoms with E-state index in [9.17, 15) is 19.2 Å². The molecule has 4 aromatic carbocycles. The minimum atomic E-state index is -0.724. The Morgan fingerprint density at radius 3 is 2.29 bits per heavy atom. The zero-order chi connectivity index (χ0) is 30.9. The standard InChI is InChI=1S/C34H23N5O5S/c40-27(22-12-10-21(11-13-22)20-6-2-1-3-7-20)19-44-33(43)23-14-16-24(17-15-23)39-29(41)18-28(32(39)42)45-34-36-31-30(37-38-34)25-8-4-5-9-26(25)35-31/h1-17,28H,18-19H2,(H,35,36,38). The third-order valence-corrected chi connectivity index (χ3v) is 8.50. The van der Waals surface area contributed by atoms with Gasteiger partial charge < -0.3 is 9.72 Å². The minimum absolute atomic E-state index is 0.0319. The van der Waals surface area contributed by atoms with Crippen LogP contribution in [0.4, 0.5) is 5.69 Å². The van der Waals surface area contributed by atoms with Crippen LogP contribution in [0.2, 0.25) is 0 Å². The molecule has 0 saturated carbocycles. The van der Waals surface area contributed by atoms with Crippen molar-refractivity contribution in [3.63, 3.8) is 0 Å². The predicted octanol–water partition coefficient (Wildman–Crippen LogP) is 5.64. The highest BCUT2D eigenvalue weighted by Gasteiger charge is 2.41. The summed E-state index contributed by atoms with van der Waals surface area (Å²) >= 11 is 1.08. The van der Waals surface area contributed by atoms with Gasteiger partial charge in [0.15, 0.2) is 18.0 Å². The number of nitrogens with one attached hydrogen (secondary N) is 1. The number of ether oxygens (including phenoxy) is 1. The first-order chi connectivity index (χ1) is 21.9. The van der Waals surface area contributed by atoms with E-state index >= 15 is 0 Å². The lowest BCUT2D eigenvalue weighted by Crippen LogP contribution is -2.31. The molecule has 1 N–H and O–H groups in total. The predicted molar refractivity (Wildman–Crippen MR) is 169 cm³/mol. The molecule has 1 aliphatic heterocycles. The topological polar surface area (TPSA) is 135 Å². The summed E-state index contributed by atoms with van der Waals surface area (Å²) in [4.78, 5) is 60.1. The number of ketones is 1. The van der Waals surface area contributed by atoms with Crippen LogP contribution < -0.4 is 4.90 Å². The van der Waals surface area contributed by atoms with Crippen molar-refractivity contribution in [1.29, 1.82) is 0 Å². The van der Waals surface area contributed by atoms with Crippen molar-refractivity contribution >= 4 is 63.1 Å². The van der Waals surface area contributed by atoms with Gasteiger partial charge in [0, 0.05) is 22.9 Å². The monoisotopic (exact) mass is 613 g/mol. The van der Waals surface area contributed by atoms with E-state index in [2.05, 4.69) is 20.2 Å². The Bertz CT molecular complexity index is 2100. The first-order valence-electron chi connectivity index (χ1n) is 14.0. The fourth-order valence-electron chi connectivity index (χ4n) is 5.17. The molecule has 1 unspecified atom stereocenters. The number of carbonyl (C=O) groups is 4. The van der Waals surface area contributed by atoms with Crippen LogP contribution in [0.3, 0.4) is 0 Å². The Kier molecular flexibility index (Phi) is 7.36. The van der Waals surface area contributed by atoms with E-state index in [1.165, 1.54) is 24.3 Å². The summed E-state index contributed by atoms with van der Waals surface area (Å²) in [6, 6.07) is 30.4. The molecule has 0 radical (unpaired) electrons. The number of H-pyrrole nitrogens is 1. The van der Waals surface area contributed by atoms with Gasteiger partial charge in [0.25, 0.3) is 0 Å². The number of benzene rings is 4. The Morgan fingerprint density at radius 1 is 0.822 bits per heavy atom. The van der Waals surface area contributed by atoms with Crippen LogP contribution in [0.15, 0.2) is 108 Å².